The molecule has 0 aliphatic carbocycles. The zero-order valence-electron chi connectivity index (χ0n) is 10.1. The van der Waals surface area contributed by atoms with E-state index in [1.807, 2.05) is 19.9 Å². The molecule has 0 heterocycles. The lowest BCUT2D eigenvalue weighted by molar-refractivity contribution is 0.360. The van der Waals surface area contributed by atoms with E-state index < -0.39 is 0 Å². The fraction of sp³-hybridized carbons (Fsp3) is 0.667. The average molecular weight is 194 g/mol. The molecule has 0 spiro atoms. The van der Waals surface area contributed by atoms with Crippen LogP contribution in [0.25, 0.3) is 0 Å². The van der Waals surface area contributed by atoms with Gasteiger partial charge in [-0.25, -0.2) is 0 Å². The quantitative estimate of drug-likeness (QED) is 0.567. The minimum absolute atomic E-state index is 0.147. The van der Waals surface area contributed by atoms with Crippen molar-refractivity contribution < 1.29 is 0 Å². The smallest absolute Gasteiger partial charge is 0.0646 e. The Hall–Kier alpha value is -0.920. The molecule has 0 N–H and O–H groups in total. The Bertz CT molecular complexity index is 245. The summed E-state index contributed by atoms with van der Waals surface area (Å²) in [7, 11) is 0. The number of nitrogens with zero attached hydrogens (tertiary/aromatic N) is 2. The van der Waals surface area contributed by atoms with E-state index in [1.54, 1.807) is 0 Å². The second-order valence-corrected chi connectivity index (χ2v) is 3.88. The molecule has 0 rings (SSSR count). The summed E-state index contributed by atoms with van der Waals surface area (Å²) in [5, 5.41) is 8.26. The summed E-state index contributed by atoms with van der Waals surface area (Å²) in [6.07, 6.45) is 4.20. The maximum Gasteiger partial charge on any atom is 0.0646 e. The normalized spacial score (nSPS) is 13.6. The van der Waals surface area contributed by atoms with Crippen molar-refractivity contribution in [3.05, 3.63) is 24.0 Å². The van der Waals surface area contributed by atoms with Crippen LogP contribution < -0.4 is 0 Å². The number of hydrogen-bond donors (Lipinski definition) is 0. The van der Waals surface area contributed by atoms with Crippen LogP contribution in [0.1, 0.15) is 47.5 Å². The van der Waals surface area contributed by atoms with E-state index in [1.165, 1.54) is 0 Å². The van der Waals surface area contributed by atoms with Crippen molar-refractivity contribution in [1.82, 2.24) is 0 Å². The van der Waals surface area contributed by atoms with Gasteiger partial charge in [0.05, 0.1) is 11.4 Å². The Morgan fingerprint density at radius 2 is 1.79 bits per heavy atom. The fourth-order valence-electron chi connectivity index (χ4n) is 1.28. The minimum Gasteiger partial charge on any atom is -0.156 e. The van der Waals surface area contributed by atoms with Crippen molar-refractivity contribution in [2.24, 2.45) is 15.6 Å². The van der Waals surface area contributed by atoms with Crippen LogP contribution in [0.5, 0.6) is 0 Å². The Morgan fingerprint density at radius 1 is 1.29 bits per heavy atom. The molecule has 0 aromatic rings. The van der Waals surface area contributed by atoms with Gasteiger partial charge in [-0.05, 0) is 26.7 Å². The molecular formula is C12H22N2. The lowest BCUT2D eigenvalue weighted by atomic mass is 9.81. The van der Waals surface area contributed by atoms with Crippen molar-refractivity contribution in [2.45, 2.75) is 47.5 Å². The van der Waals surface area contributed by atoms with Gasteiger partial charge in [0.2, 0.25) is 0 Å². The first-order valence-electron chi connectivity index (χ1n) is 5.24. The summed E-state index contributed by atoms with van der Waals surface area (Å²) in [5.41, 5.74) is 1.96. The van der Waals surface area contributed by atoms with Crippen molar-refractivity contribution >= 4 is 0 Å². The first-order chi connectivity index (χ1) is 6.50. The number of azo groups is 1. The predicted molar refractivity (Wildman–Crippen MR) is 62.1 cm³/mol. The van der Waals surface area contributed by atoms with E-state index in [0.717, 1.165) is 24.2 Å². The zero-order valence-corrected chi connectivity index (χ0v) is 10.1. The molecular weight excluding hydrogens is 172 g/mol. The van der Waals surface area contributed by atoms with Gasteiger partial charge in [-0.2, -0.15) is 10.2 Å². The molecule has 0 aromatic carbocycles. The molecule has 0 aliphatic heterocycles. The standard InChI is InChI=1S/C12H22N2/c1-7-11(14-13-10(4)5)12(6,8-2)9-3/h7H,4,8-9H2,1-3,5-6H3/b11-7-,14-13?. The largest absolute Gasteiger partial charge is 0.156 e. The number of hydrogen-bond acceptors (Lipinski definition) is 2. The predicted octanol–water partition coefficient (Wildman–Crippen LogP) is 4.70. The topological polar surface area (TPSA) is 24.7 Å². The number of allylic oxidation sites excluding steroid dienone is 3. The summed E-state index contributed by atoms with van der Waals surface area (Å²) in [4.78, 5) is 0. The molecule has 80 valence electrons. The Morgan fingerprint density at radius 3 is 2.07 bits per heavy atom. The van der Waals surface area contributed by atoms with Gasteiger partial charge in [0, 0.05) is 5.41 Å². The van der Waals surface area contributed by atoms with E-state index in [4.69, 9.17) is 0 Å². The van der Waals surface area contributed by atoms with E-state index in [-0.39, 0.29) is 5.41 Å². The van der Waals surface area contributed by atoms with E-state index in [0.29, 0.717) is 0 Å². The lowest BCUT2D eigenvalue weighted by Gasteiger charge is -2.26. The van der Waals surface area contributed by atoms with Crippen LogP contribution in [0.3, 0.4) is 0 Å². The summed E-state index contributed by atoms with van der Waals surface area (Å²) in [6.45, 7) is 14.2. The van der Waals surface area contributed by atoms with Gasteiger partial charge in [-0.3, -0.25) is 0 Å². The third-order valence-electron chi connectivity index (χ3n) is 2.78. The Labute approximate surface area is 87.8 Å². The van der Waals surface area contributed by atoms with E-state index in [2.05, 4.69) is 37.6 Å². The average Bonchev–Trinajstić information content (AvgIpc) is 2.17. The van der Waals surface area contributed by atoms with Gasteiger partial charge < -0.3 is 0 Å². The van der Waals surface area contributed by atoms with Crippen LogP contribution in [0.4, 0.5) is 0 Å². The third-order valence-corrected chi connectivity index (χ3v) is 2.78. The van der Waals surface area contributed by atoms with Crippen molar-refractivity contribution in [3.63, 3.8) is 0 Å². The van der Waals surface area contributed by atoms with E-state index in [9.17, 15) is 0 Å². The molecule has 0 fully saturated rings. The SMILES string of the molecule is C=C(C)N=N/C(=C\C)C(C)(CC)CC. The van der Waals surface area contributed by atoms with Crippen LogP contribution in [0.15, 0.2) is 34.3 Å². The van der Waals surface area contributed by atoms with Gasteiger partial charge in [-0.15, -0.1) is 0 Å². The summed E-state index contributed by atoms with van der Waals surface area (Å²) >= 11 is 0. The van der Waals surface area contributed by atoms with Crippen molar-refractivity contribution in [2.75, 3.05) is 0 Å². The molecule has 0 bridgehead atoms. The van der Waals surface area contributed by atoms with Crippen LogP contribution in [-0.2, 0) is 0 Å². The highest BCUT2D eigenvalue weighted by Crippen LogP contribution is 2.35. The lowest BCUT2D eigenvalue weighted by Crippen LogP contribution is -2.15. The molecule has 0 amide bonds. The van der Waals surface area contributed by atoms with Gasteiger partial charge >= 0.3 is 0 Å². The highest BCUT2D eigenvalue weighted by atomic mass is 15.1. The molecule has 0 atom stereocenters. The summed E-state index contributed by atoms with van der Waals surface area (Å²) in [6, 6.07) is 0. The monoisotopic (exact) mass is 194 g/mol. The zero-order chi connectivity index (χ0) is 11.2. The van der Waals surface area contributed by atoms with E-state index >= 15 is 0 Å². The second-order valence-electron chi connectivity index (χ2n) is 3.88. The maximum atomic E-state index is 4.24. The third kappa shape index (κ3) is 3.44. The Balaban J connectivity index is 4.81. The first-order valence-corrected chi connectivity index (χ1v) is 5.24. The minimum atomic E-state index is 0.147. The molecule has 14 heavy (non-hydrogen) atoms. The highest BCUT2D eigenvalue weighted by Gasteiger charge is 2.24. The molecule has 0 radical (unpaired) electrons. The van der Waals surface area contributed by atoms with Gasteiger partial charge in [-0.1, -0.05) is 33.4 Å². The van der Waals surface area contributed by atoms with Gasteiger partial charge in [0.25, 0.3) is 0 Å². The highest BCUT2D eigenvalue weighted by molar-refractivity contribution is 5.10. The number of rotatable bonds is 5. The van der Waals surface area contributed by atoms with Crippen LogP contribution in [-0.4, -0.2) is 0 Å². The summed E-state index contributed by atoms with van der Waals surface area (Å²) in [5.74, 6) is 0. The molecule has 2 heteroatoms. The fourth-order valence-corrected chi connectivity index (χ4v) is 1.28. The van der Waals surface area contributed by atoms with Gasteiger partial charge in [0.1, 0.15) is 0 Å². The Kier molecular flexibility index (Phi) is 5.36. The molecule has 2 nitrogen and oxygen atoms in total. The van der Waals surface area contributed by atoms with Crippen molar-refractivity contribution in [3.8, 4) is 0 Å². The second kappa shape index (κ2) is 5.74. The molecule has 0 aromatic heterocycles. The van der Waals surface area contributed by atoms with Gasteiger partial charge in [0.15, 0.2) is 0 Å². The van der Waals surface area contributed by atoms with Crippen LogP contribution in [0.2, 0.25) is 0 Å². The molecule has 0 unspecified atom stereocenters. The van der Waals surface area contributed by atoms with Crippen molar-refractivity contribution in [1.29, 1.82) is 0 Å². The summed E-state index contributed by atoms with van der Waals surface area (Å²) < 4.78 is 0. The van der Waals surface area contributed by atoms with Crippen LogP contribution >= 0.6 is 0 Å². The molecule has 0 saturated carbocycles. The van der Waals surface area contributed by atoms with Crippen LogP contribution in [0, 0.1) is 5.41 Å². The molecule has 0 saturated heterocycles. The first kappa shape index (κ1) is 13.1. The molecule has 0 aliphatic rings. The maximum absolute atomic E-state index is 4.24.